The zero-order chi connectivity index (χ0) is 30.9. The number of rotatable bonds is 4. The molecular formula is C44H27NO2. The quantitative estimate of drug-likeness (QED) is 0.188. The van der Waals surface area contributed by atoms with Crippen molar-refractivity contribution in [2.75, 3.05) is 4.90 Å². The number of nitrogens with zero attached hydrogens (tertiary/aromatic N) is 1. The summed E-state index contributed by atoms with van der Waals surface area (Å²) in [5, 5.41) is 9.44. The Balaban J connectivity index is 1.13. The lowest BCUT2D eigenvalue weighted by Crippen LogP contribution is -2.09. The van der Waals surface area contributed by atoms with Crippen molar-refractivity contribution in [3.8, 4) is 11.1 Å². The molecule has 0 N–H and O–H groups in total. The van der Waals surface area contributed by atoms with Crippen molar-refractivity contribution < 1.29 is 8.83 Å². The number of fused-ring (bicyclic) bond motifs is 9. The van der Waals surface area contributed by atoms with E-state index in [9.17, 15) is 0 Å². The summed E-state index contributed by atoms with van der Waals surface area (Å²) in [4.78, 5) is 2.34. The van der Waals surface area contributed by atoms with E-state index in [1.807, 2.05) is 24.3 Å². The number of hydrogen-bond acceptors (Lipinski definition) is 3. The number of benzene rings is 8. The highest BCUT2D eigenvalue weighted by atomic mass is 16.3. The fourth-order valence-electron chi connectivity index (χ4n) is 7.14. The van der Waals surface area contributed by atoms with Gasteiger partial charge < -0.3 is 13.7 Å². The maximum absolute atomic E-state index is 6.20. The van der Waals surface area contributed by atoms with Crippen LogP contribution in [0.2, 0.25) is 0 Å². The summed E-state index contributed by atoms with van der Waals surface area (Å²) in [6, 6.07) is 58.1. The van der Waals surface area contributed by atoms with Crippen LogP contribution in [-0.4, -0.2) is 0 Å². The summed E-state index contributed by atoms with van der Waals surface area (Å²) in [6.45, 7) is 0. The van der Waals surface area contributed by atoms with Gasteiger partial charge in [0.1, 0.15) is 22.3 Å². The van der Waals surface area contributed by atoms with Crippen molar-refractivity contribution in [1.82, 2.24) is 0 Å². The van der Waals surface area contributed by atoms with E-state index in [2.05, 4.69) is 144 Å². The maximum Gasteiger partial charge on any atom is 0.136 e. The second kappa shape index (κ2) is 10.1. The van der Waals surface area contributed by atoms with Crippen LogP contribution in [-0.2, 0) is 0 Å². The van der Waals surface area contributed by atoms with Crippen LogP contribution in [0.4, 0.5) is 17.1 Å². The molecule has 2 aromatic heterocycles. The average molecular weight is 602 g/mol. The molecule has 0 atom stereocenters. The molecule has 0 saturated carbocycles. The minimum absolute atomic E-state index is 0.885. The van der Waals surface area contributed by atoms with Gasteiger partial charge in [0.2, 0.25) is 0 Å². The van der Waals surface area contributed by atoms with E-state index in [-0.39, 0.29) is 0 Å². The third-order valence-corrected chi connectivity index (χ3v) is 9.44. The van der Waals surface area contributed by atoms with Crippen LogP contribution in [0.1, 0.15) is 0 Å². The first kappa shape index (κ1) is 26.0. The third-order valence-electron chi connectivity index (χ3n) is 9.44. The highest BCUT2D eigenvalue weighted by molar-refractivity contribution is 6.10. The zero-order valence-electron chi connectivity index (χ0n) is 25.4. The van der Waals surface area contributed by atoms with Gasteiger partial charge in [0.05, 0.1) is 0 Å². The first-order chi connectivity index (χ1) is 23.3. The van der Waals surface area contributed by atoms with Gasteiger partial charge in [0.25, 0.3) is 0 Å². The second-order valence-corrected chi connectivity index (χ2v) is 12.2. The van der Waals surface area contributed by atoms with Gasteiger partial charge in [0, 0.05) is 38.6 Å². The van der Waals surface area contributed by atoms with Gasteiger partial charge in [-0.25, -0.2) is 0 Å². The summed E-state index contributed by atoms with van der Waals surface area (Å²) < 4.78 is 12.4. The Kier molecular flexibility index (Phi) is 5.57. The lowest BCUT2D eigenvalue weighted by Gasteiger charge is -2.26. The zero-order valence-corrected chi connectivity index (χ0v) is 25.4. The van der Waals surface area contributed by atoms with Crippen LogP contribution in [0.3, 0.4) is 0 Å². The normalized spacial score (nSPS) is 11.8. The third kappa shape index (κ3) is 4.14. The number of hydrogen-bond donors (Lipinski definition) is 0. The Morgan fingerprint density at radius 1 is 0.298 bits per heavy atom. The molecule has 0 saturated heterocycles. The van der Waals surface area contributed by atoms with Crippen molar-refractivity contribution in [2.45, 2.75) is 0 Å². The van der Waals surface area contributed by atoms with E-state index in [1.54, 1.807) is 0 Å². The van der Waals surface area contributed by atoms with Crippen LogP contribution in [0.5, 0.6) is 0 Å². The molecule has 2 heterocycles. The standard InChI is InChI=1S/C44H27NO2/c1-2-8-35-29(7-1)13-14-30-17-21-33(26-39(30)35)45(34-22-24-43-40(27-34)37-10-4-6-12-42(37)46-43)32-19-15-28(16-20-32)31-18-23-38-36-9-3-5-11-41(36)47-44(38)25-31/h1-27H. The van der Waals surface area contributed by atoms with Crippen LogP contribution in [0.15, 0.2) is 173 Å². The van der Waals surface area contributed by atoms with E-state index in [0.29, 0.717) is 0 Å². The lowest BCUT2D eigenvalue weighted by molar-refractivity contribution is 0.668. The number of para-hydroxylation sites is 2. The molecule has 3 heteroatoms. The molecule has 47 heavy (non-hydrogen) atoms. The molecule has 0 fully saturated rings. The van der Waals surface area contributed by atoms with Gasteiger partial charge in [-0.05, 0) is 99.4 Å². The van der Waals surface area contributed by atoms with Gasteiger partial charge in [-0.15, -0.1) is 0 Å². The molecule has 0 spiro atoms. The van der Waals surface area contributed by atoms with Gasteiger partial charge in [0.15, 0.2) is 0 Å². The van der Waals surface area contributed by atoms with Crippen molar-refractivity contribution >= 4 is 82.5 Å². The molecule has 220 valence electrons. The molecule has 0 bridgehead atoms. The van der Waals surface area contributed by atoms with Crippen molar-refractivity contribution in [1.29, 1.82) is 0 Å². The lowest BCUT2D eigenvalue weighted by atomic mass is 10.0. The highest BCUT2D eigenvalue weighted by Crippen LogP contribution is 2.41. The first-order valence-electron chi connectivity index (χ1n) is 15.9. The summed E-state index contributed by atoms with van der Waals surface area (Å²) >= 11 is 0. The van der Waals surface area contributed by atoms with E-state index < -0.39 is 0 Å². The maximum atomic E-state index is 6.20. The van der Waals surface area contributed by atoms with Crippen LogP contribution in [0.25, 0.3) is 76.5 Å². The highest BCUT2D eigenvalue weighted by Gasteiger charge is 2.17. The first-order valence-corrected chi connectivity index (χ1v) is 15.9. The van der Waals surface area contributed by atoms with E-state index in [1.165, 1.54) is 21.5 Å². The molecule has 0 unspecified atom stereocenters. The van der Waals surface area contributed by atoms with Crippen molar-refractivity contribution in [3.63, 3.8) is 0 Å². The molecule has 8 aromatic carbocycles. The molecule has 0 aliphatic carbocycles. The second-order valence-electron chi connectivity index (χ2n) is 12.2. The van der Waals surface area contributed by atoms with Crippen molar-refractivity contribution in [3.05, 3.63) is 164 Å². The molecular weight excluding hydrogens is 574 g/mol. The van der Waals surface area contributed by atoms with Crippen LogP contribution >= 0.6 is 0 Å². The summed E-state index contributed by atoms with van der Waals surface area (Å²) in [5.41, 5.74) is 9.09. The monoisotopic (exact) mass is 601 g/mol. The largest absolute Gasteiger partial charge is 0.456 e. The Morgan fingerprint density at radius 3 is 1.60 bits per heavy atom. The van der Waals surface area contributed by atoms with Gasteiger partial charge in [-0.2, -0.15) is 0 Å². The smallest absolute Gasteiger partial charge is 0.136 e. The fraction of sp³-hybridized carbons (Fsp3) is 0. The molecule has 0 amide bonds. The summed E-state index contributed by atoms with van der Waals surface area (Å²) in [7, 11) is 0. The molecule has 0 aliphatic heterocycles. The minimum Gasteiger partial charge on any atom is -0.456 e. The molecule has 10 aromatic rings. The van der Waals surface area contributed by atoms with Gasteiger partial charge in [-0.3, -0.25) is 0 Å². The number of furan rings is 2. The summed E-state index contributed by atoms with van der Waals surface area (Å²) in [5.74, 6) is 0. The Bertz CT molecular complexity index is 2800. The Labute approximate surface area is 270 Å². The van der Waals surface area contributed by atoms with Gasteiger partial charge in [-0.1, -0.05) is 97.1 Å². The topological polar surface area (TPSA) is 29.5 Å². The van der Waals surface area contributed by atoms with Crippen LogP contribution < -0.4 is 4.90 Å². The SMILES string of the molecule is c1ccc2c(c1)ccc1ccc(N(c3ccc(-c4ccc5c(c4)oc4ccccc45)cc3)c3ccc4oc5ccccc5c4c3)cc12. The average Bonchev–Trinajstić information content (AvgIpc) is 3.70. The van der Waals surface area contributed by atoms with E-state index >= 15 is 0 Å². The molecule has 0 aliphatic rings. The van der Waals surface area contributed by atoms with Crippen molar-refractivity contribution in [2.24, 2.45) is 0 Å². The number of anilines is 3. The van der Waals surface area contributed by atoms with E-state index in [0.717, 1.165) is 72.1 Å². The fourth-order valence-corrected chi connectivity index (χ4v) is 7.14. The Morgan fingerprint density at radius 2 is 0.809 bits per heavy atom. The Hall–Kier alpha value is -6.32. The van der Waals surface area contributed by atoms with E-state index in [4.69, 9.17) is 8.83 Å². The molecule has 3 nitrogen and oxygen atoms in total. The predicted molar refractivity (Wildman–Crippen MR) is 196 cm³/mol. The summed E-state index contributed by atoms with van der Waals surface area (Å²) in [6.07, 6.45) is 0. The van der Waals surface area contributed by atoms with Gasteiger partial charge >= 0.3 is 0 Å². The van der Waals surface area contributed by atoms with Crippen LogP contribution in [0, 0.1) is 0 Å². The minimum atomic E-state index is 0.885. The predicted octanol–water partition coefficient (Wildman–Crippen LogP) is 12.9. The molecule has 10 rings (SSSR count). The molecule has 0 radical (unpaired) electrons.